The predicted octanol–water partition coefficient (Wildman–Crippen LogP) is -0.384. The molecule has 1 amide bonds. The van der Waals surface area contributed by atoms with Gasteiger partial charge in [0.2, 0.25) is 5.91 Å². The van der Waals surface area contributed by atoms with E-state index in [2.05, 4.69) is 11.2 Å². The van der Waals surface area contributed by atoms with Crippen molar-refractivity contribution in [3.8, 4) is 12.3 Å². The van der Waals surface area contributed by atoms with Crippen LogP contribution in [-0.4, -0.2) is 36.7 Å². The Morgan fingerprint density at radius 1 is 1.64 bits per heavy atom. The van der Waals surface area contributed by atoms with Crippen LogP contribution in [0, 0.1) is 12.3 Å². The zero-order chi connectivity index (χ0) is 11.0. The largest absolute Gasteiger partial charge is 0.480 e. The number of hydrogen-bond donors (Lipinski definition) is 2. The van der Waals surface area contributed by atoms with Crippen molar-refractivity contribution in [2.45, 2.75) is 18.9 Å². The summed E-state index contributed by atoms with van der Waals surface area (Å²) in [6.07, 6.45) is 5.01. The number of carboxylic acids is 1. The monoisotopic (exact) mass is 199 g/mol. The van der Waals surface area contributed by atoms with Crippen LogP contribution in [0.1, 0.15) is 12.8 Å². The molecule has 5 heteroatoms. The number of nitrogens with one attached hydrogen (secondary N) is 1. The van der Waals surface area contributed by atoms with Crippen LogP contribution in [0.4, 0.5) is 0 Å². The summed E-state index contributed by atoms with van der Waals surface area (Å²) in [5, 5.41) is 11.0. The smallest absolute Gasteiger partial charge is 0.326 e. The topological polar surface area (TPSA) is 75.6 Å². The average Bonchev–Trinajstić information content (AvgIpc) is 2.12. The van der Waals surface area contributed by atoms with Gasteiger partial charge in [-0.2, -0.15) is 0 Å². The van der Waals surface area contributed by atoms with E-state index >= 15 is 0 Å². The molecule has 5 nitrogen and oxygen atoms in total. The molecule has 0 aliphatic heterocycles. The minimum atomic E-state index is -1.09. The average molecular weight is 199 g/mol. The lowest BCUT2D eigenvalue weighted by molar-refractivity contribution is -0.142. The number of methoxy groups -OCH3 is 1. The summed E-state index contributed by atoms with van der Waals surface area (Å²) < 4.78 is 4.71. The SMILES string of the molecule is C#CCC(=O)NC(CCOC)C(=O)O. The van der Waals surface area contributed by atoms with Gasteiger partial charge in [-0.15, -0.1) is 6.42 Å². The molecule has 0 saturated carbocycles. The summed E-state index contributed by atoms with van der Waals surface area (Å²) in [5.74, 6) is 0.579. The van der Waals surface area contributed by atoms with Gasteiger partial charge in [-0.1, -0.05) is 5.92 Å². The number of ether oxygens (including phenoxy) is 1. The molecule has 0 aromatic carbocycles. The molecule has 0 aliphatic carbocycles. The second-order valence-corrected chi connectivity index (χ2v) is 2.62. The number of amides is 1. The van der Waals surface area contributed by atoms with Gasteiger partial charge in [0.1, 0.15) is 6.04 Å². The first-order chi connectivity index (χ1) is 6.61. The highest BCUT2D eigenvalue weighted by Gasteiger charge is 2.18. The molecular formula is C9H13NO4. The fourth-order valence-electron chi connectivity index (χ4n) is 0.831. The summed E-state index contributed by atoms with van der Waals surface area (Å²) in [4.78, 5) is 21.6. The molecule has 0 aromatic rings. The second kappa shape index (κ2) is 6.92. The number of terminal acetylenes is 1. The summed E-state index contributed by atoms with van der Waals surface area (Å²) in [7, 11) is 1.46. The van der Waals surface area contributed by atoms with Crippen molar-refractivity contribution in [1.82, 2.24) is 5.32 Å². The summed E-state index contributed by atoms with van der Waals surface area (Å²) in [6, 6.07) is -0.934. The highest BCUT2D eigenvalue weighted by atomic mass is 16.5. The Balaban J connectivity index is 4.03. The molecule has 0 heterocycles. The molecule has 0 bridgehead atoms. The van der Waals surface area contributed by atoms with Gasteiger partial charge in [-0.25, -0.2) is 4.79 Å². The first-order valence-corrected chi connectivity index (χ1v) is 4.06. The van der Waals surface area contributed by atoms with E-state index in [0.717, 1.165) is 0 Å². The maximum atomic E-state index is 11.0. The van der Waals surface area contributed by atoms with Crippen molar-refractivity contribution >= 4 is 11.9 Å². The van der Waals surface area contributed by atoms with Crippen molar-refractivity contribution in [3.05, 3.63) is 0 Å². The first kappa shape index (κ1) is 12.5. The van der Waals surface area contributed by atoms with Crippen molar-refractivity contribution in [2.24, 2.45) is 0 Å². The number of hydrogen-bond acceptors (Lipinski definition) is 3. The highest BCUT2D eigenvalue weighted by Crippen LogP contribution is 1.93. The first-order valence-electron chi connectivity index (χ1n) is 4.06. The van der Waals surface area contributed by atoms with Gasteiger partial charge >= 0.3 is 5.97 Å². The fraction of sp³-hybridized carbons (Fsp3) is 0.556. The van der Waals surface area contributed by atoms with Gasteiger partial charge in [0, 0.05) is 20.1 Å². The summed E-state index contributed by atoms with van der Waals surface area (Å²) in [6.45, 7) is 0.271. The zero-order valence-corrected chi connectivity index (χ0v) is 7.95. The lowest BCUT2D eigenvalue weighted by Crippen LogP contribution is -2.41. The van der Waals surface area contributed by atoms with Crippen LogP contribution < -0.4 is 5.32 Å². The third-order valence-electron chi connectivity index (χ3n) is 1.51. The second-order valence-electron chi connectivity index (χ2n) is 2.62. The van der Waals surface area contributed by atoms with Crippen LogP contribution in [-0.2, 0) is 14.3 Å². The Kier molecular flexibility index (Phi) is 6.16. The molecule has 0 fully saturated rings. The number of carbonyl (C=O) groups excluding carboxylic acids is 1. The lowest BCUT2D eigenvalue weighted by Gasteiger charge is -2.12. The molecule has 1 unspecified atom stereocenters. The zero-order valence-electron chi connectivity index (χ0n) is 7.95. The minimum Gasteiger partial charge on any atom is -0.480 e. The Bertz CT molecular complexity index is 244. The van der Waals surface area contributed by atoms with Crippen LogP contribution in [0.15, 0.2) is 0 Å². The standard InChI is InChI=1S/C9H13NO4/c1-3-4-8(11)10-7(9(12)13)5-6-14-2/h1,7H,4-6H2,2H3,(H,10,11)(H,12,13). The third-order valence-corrected chi connectivity index (χ3v) is 1.51. The quantitative estimate of drug-likeness (QED) is 0.571. The van der Waals surface area contributed by atoms with Crippen molar-refractivity contribution in [3.63, 3.8) is 0 Å². The number of carboxylic acid groups (broad SMARTS) is 1. The summed E-state index contributed by atoms with van der Waals surface area (Å²) >= 11 is 0. The van der Waals surface area contributed by atoms with Gasteiger partial charge in [-0.05, 0) is 0 Å². The molecule has 1 atom stereocenters. The van der Waals surface area contributed by atoms with Crippen LogP contribution in [0.3, 0.4) is 0 Å². The van der Waals surface area contributed by atoms with E-state index in [1.54, 1.807) is 0 Å². The molecule has 0 saturated heterocycles. The number of aliphatic carboxylic acids is 1. The maximum Gasteiger partial charge on any atom is 0.326 e. The number of rotatable bonds is 6. The highest BCUT2D eigenvalue weighted by molar-refractivity contribution is 5.84. The molecule has 0 aliphatic rings. The van der Waals surface area contributed by atoms with Gasteiger partial charge in [0.05, 0.1) is 6.42 Å². The Morgan fingerprint density at radius 3 is 2.71 bits per heavy atom. The molecule has 78 valence electrons. The molecule has 0 radical (unpaired) electrons. The summed E-state index contributed by atoms with van der Waals surface area (Å²) in [5.41, 5.74) is 0. The van der Waals surface area contributed by atoms with E-state index in [4.69, 9.17) is 16.3 Å². The Hall–Kier alpha value is -1.54. The molecule has 14 heavy (non-hydrogen) atoms. The fourth-order valence-corrected chi connectivity index (χ4v) is 0.831. The molecule has 0 aromatic heterocycles. The molecule has 0 rings (SSSR count). The normalized spacial score (nSPS) is 11.4. The Morgan fingerprint density at radius 2 is 2.29 bits per heavy atom. The lowest BCUT2D eigenvalue weighted by atomic mass is 10.2. The molecular weight excluding hydrogens is 186 g/mol. The molecule has 0 spiro atoms. The van der Waals surface area contributed by atoms with Crippen LogP contribution in [0.25, 0.3) is 0 Å². The Labute approximate surface area is 82.4 Å². The van der Waals surface area contributed by atoms with E-state index in [1.165, 1.54) is 7.11 Å². The van der Waals surface area contributed by atoms with E-state index in [9.17, 15) is 9.59 Å². The van der Waals surface area contributed by atoms with Crippen LogP contribution in [0.2, 0.25) is 0 Å². The maximum absolute atomic E-state index is 11.0. The van der Waals surface area contributed by atoms with E-state index in [0.29, 0.717) is 0 Å². The third kappa shape index (κ3) is 5.17. The van der Waals surface area contributed by atoms with Crippen molar-refractivity contribution in [2.75, 3.05) is 13.7 Å². The van der Waals surface area contributed by atoms with Crippen LogP contribution in [0.5, 0.6) is 0 Å². The van der Waals surface area contributed by atoms with Gasteiger partial charge in [0.15, 0.2) is 0 Å². The van der Waals surface area contributed by atoms with Gasteiger partial charge in [0.25, 0.3) is 0 Å². The molecule has 2 N–H and O–H groups in total. The van der Waals surface area contributed by atoms with Crippen molar-refractivity contribution in [1.29, 1.82) is 0 Å². The van der Waals surface area contributed by atoms with E-state index in [-0.39, 0.29) is 19.4 Å². The van der Waals surface area contributed by atoms with E-state index in [1.807, 2.05) is 0 Å². The minimum absolute atomic E-state index is 0.114. The number of carbonyl (C=O) groups is 2. The predicted molar refractivity (Wildman–Crippen MR) is 49.5 cm³/mol. The van der Waals surface area contributed by atoms with Crippen LogP contribution >= 0.6 is 0 Å². The van der Waals surface area contributed by atoms with Crippen molar-refractivity contribution < 1.29 is 19.4 Å². The van der Waals surface area contributed by atoms with Gasteiger partial charge < -0.3 is 15.2 Å². The van der Waals surface area contributed by atoms with Gasteiger partial charge in [-0.3, -0.25) is 4.79 Å². The van der Waals surface area contributed by atoms with E-state index < -0.39 is 17.9 Å².